The van der Waals surface area contributed by atoms with E-state index in [0.717, 1.165) is 33.6 Å². The van der Waals surface area contributed by atoms with Gasteiger partial charge in [-0.3, -0.25) is 0 Å². The molecule has 0 amide bonds. The maximum Gasteiger partial charge on any atom is 0.417 e. The smallest absolute Gasteiger partial charge is 0.417 e. The summed E-state index contributed by atoms with van der Waals surface area (Å²) in [5.41, 5.74) is 0.982. The first-order valence-electron chi connectivity index (χ1n) is 13.6. The highest BCUT2D eigenvalue weighted by Crippen LogP contribution is 2.38. The number of nitrogens with zero attached hydrogens (tertiary/aromatic N) is 3. The molecule has 3 aromatic carbocycles. The van der Waals surface area contributed by atoms with E-state index in [0.29, 0.717) is 29.4 Å². The number of alkyl halides is 3. The van der Waals surface area contributed by atoms with Gasteiger partial charge in [0.05, 0.1) is 42.4 Å². The predicted octanol–water partition coefficient (Wildman–Crippen LogP) is 3.99. The van der Waals surface area contributed by atoms with E-state index in [4.69, 9.17) is 14.2 Å². The zero-order valence-electron chi connectivity index (χ0n) is 24.3. The van der Waals surface area contributed by atoms with E-state index in [2.05, 4.69) is 0 Å². The number of ether oxygens (including phenoxy) is 3. The number of piperazine rings is 1. The van der Waals surface area contributed by atoms with E-state index >= 15 is 0 Å². The maximum absolute atomic E-state index is 13.8. The molecule has 0 spiro atoms. The van der Waals surface area contributed by atoms with Crippen molar-refractivity contribution >= 4 is 25.7 Å². The van der Waals surface area contributed by atoms with Gasteiger partial charge in [-0.25, -0.2) is 16.8 Å². The third-order valence-electron chi connectivity index (χ3n) is 7.86. The second kappa shape index (κ2) is 12.1. The molecule has 2 heterocycles. The molecule has 0 radical (unpaired) electrons. The number of fused-ring (bicyclic) bond motifs is 1. The van der Waals surface area contributed by atoms with Crippen molar-refractivity contribution in [3.8, 4) is 17.2 Å². The lowest BCUT2D eigenvalue weighted by Crippen LogP contribution is -2.49. The van der Waals surface area contributed by atoms with Crippen molar-refractivity contribution < 1.29 is 44.2 Å². The molecule has 10 nitrogen and oxygen atoms in total. The minimum atomic E-state index is -4.83. The van der Waals surface area contributed by atoms with Crippen LogP contribution in [0.2, 0.25) is 0 Å². The summed E-state index contributed by atoms with van der Waals surface area (Å²) in [4.78, 5) is 1.000. The maximum atomic E-state index is 13.8. The van der Waals surface area contributed by atoms with Crippen LogP contribution in [-0.2, 0) is 39.2 Å². The molecule has 3 aromatic rings. The molecular weight excluding hydrogens is 623 g/mol. The lowest BCUT2D eigenvalue weighted by Gasteiger charge is -2.36. The molecular formula is C29H32F3N3O7S2. The normalized spacial score (nSPS) is 16.8. The summed E-state index contributed by atoms with van der Waals surface area (Å²) in [6.07, 6.45) is -4.36. The molecule has 238 valence electrons. The van der Waals surface area contributed by atoms with E-state index in [9.17, 15) is 30.0 Å². The Bertz CT molecular complexity index is 1760. The third kappa shape index (κ3) is 5.93. The first kappa shape index (κ1) is 31.9. The van der Waals surface area contributed by atoms with Crippen molar-refractivity contribution in [3.63, 3.8) is 0 Å². The van der Waals surface area contributed by atoms with Gasteiger partial charge in [0.25, 0.3) is 0 Å². The summed E-state index contributed by atoms with van der Waals surface area (Å²) in [6.45, 7) is 0.376. The van der Waals surface area contributed by atoms with Gasteiger partial charge in [-0.15, -0.1) is 0 Å². The Labute approximate surface area is 254 Å². The van der Waals surface area contributed by atoms with Crippen LogP contribution in [0.15, 0.2) is 64.4 Å². The van der Waals surface area contributed by atoms with Gasteiger partial charge in [0, 0.05) is 39.3 Å². The minimum Gasteiger partial charge on any atom is -0.495 e. The lowest BCUT2D eigenvalue weighted by molar-refractivity contribution is -0.139. The molecule has 0 aromatic heterocycles. The highest BCUT2D eigenvalue weighted by Gasteiger charge is 2.40. The summed E-state index contributed by atoms with van der Waals surface area (Å²) in [6, 6.07) is 12.2. The van der Waals surface area contributed by atoms with Crippen molar-refractivity contribution in [2.24, 2.45) is 0 Å². The van der Waals surface area contributed by atoms with Crippen LogP contribution in [0, 0.1) is 0 Å². The van der Waals surface area contributed by atoms with E-state index < -0.39 is 36.7 Å². The standard InChI is InChI=1S/C29H32F3N3O7S2/c1-40-25-9-8-22(43(36,37)35-11-10-20-16-26(41-2)27(42-3)17-21(20)19-35)18-24(25)33-12-14-34(15-13-33)44(38,39)28-7-5-4-6-23(28)29(30,31)32/h4-9,16-18H,10-15,19H2,1-3H3. The van der Waals surface area contributed by atoms with Crippen molar-refractivity contribution in [1.29, 1.82) is 0 Å². The molecule has 2 aliphatic rings. The van der Waals surface area contributed by atoms with Crippen molar-refractivity contribution in [2.75, 3.05) is 59.0 Å². The highest BCUT2D eigenvalue weighted by molar-refractivity contribution is 7.89. The second-order valence-electron chi connectivity index (χ2n) is 10.3. The van der Waals surface area contributed by atoms with Crippen molar-refractivity contribution in [2.45, 2.75) is 28.9 Å². The van der Waals surface area contributed by atoms with E-state index in [1.54, 1.807) is 11.0 Å². The van der Waals surface area contributed by atoms with Gasteiger partial charge in [0.15, 0.2) is 11.5 Å². The summed E-state index contributed by atoms with van der Waals surface area (Å²) in [5, 5.41) is 0. The monoisotopic (exact) mass is 655 g/mol. The molecule has 0 bridgehead atoms. The van der Waals surface area contributed by atoms with Crippen LogP contribution in [0.1, 0.15) is 16.7 Å². The average Bonchev–Trinajstić information content (AvgIpc) is 3.03. The Balaban J connectivity index is 1.37. The summed E-state index contributed by atoms with van der Waals surface area (Å²) in [5.74, 6) is 1.45. The van der Waals surface area contributed by atoms with Gasteiger partial charge < -0.3 is 19.1 Å². The number of benzene rings is 3. The fourth-order valence-corrected chi connectivity index (χ4v) is 8.60. The second-order valence-corrected chi connectivity index (χ2v) is 14.1. The van der Waals surface area contributed by atoms with Crippen LogP contribution in [-0.4, -0.2) is 79.5 Å². The molecule has 5 rings (SSSR count). The number of rotatable bonds is 8. The van der Waals surface area contributed by atoms with Gasteiger partial charge in [-0.1, -0.05) is 12.1 Å². The first-order valence-corrected chi connectivity index (χ1v) is 16.5. The number of halogens is 3. The molecule has 15 heteroatoms. The first-order chi connectivity index (χ1) is 20.8. The van der Waals surface area contributed by atoms with E-state index in [1.807, 2.05) is 6.07 Å². The zero-order valence-corrected chi connectivity index (χ0v) is 25.9. The Kier molecular flexibility index (Phi) is 8.77. The van der Waals surface area contributed by atoms with Crippen LogP contribution in [0.25, 0.3) is 0 Å². The van der Waals surface area contributed by atoms with Crippen LogP contribution in [0.3, 0.4) is 0 Å². The third-order valence-corrected chi connectivity index (χ3v) is 11.7. The molecule has 44 heavy (non-hydrogen) atoms. The Hall–Kier alpha value is -3.53. The predicted molar refractivity (Wildman–Crippen MR) is 156 cm³/mol. The Morgan fingerprint density at radius 3 is 1.91 bits per heavy atom. The van der Waals surface area contributed by atoms with E-state index in [-0.39, 0.29) is 44.2 Å². The van der Waals surface area contributed by atoms with Crippen LogP contribution in [0.5, 0.6) is 17.2 Å². The molecule has 0 saturated carbocycles. The van der Waals surface area contributed by atoms with E-state index in [1.165, 1.54) is 49.9 Å². The SMILES string of the molecule is COc1cc2c(cc1OC)CN(S(=O)(=O)c1ccc(OC)c(N3CCN(S(=O)(=O)c4ccccc4C(F)(F)F)CC3)c1)CC2. The summed E-state index contributed by atoms with van der Waals surface area (Å²) < 4.78 is 113. The van der Waals surface area contributed by atoms with Crippen LogP contribution in [0.4, 0.5) is 18.9 Å². The quantitative estimate of drug-likeness (QED) is 0.359. The summed E-state index contributed by atoms with van der Waals surface area (Å²) >= 11 is 0. The van der Waals surface area contributed by atoms with Gasteiger partial charge in [-0.05, 0) is 60.0 Å². The molecule has 0 N–H and O–H groups in total. The van der Waals surface area contributed by atoms with Gasteiger partial charge in [0.2, 0.25) is 20.0 Å². The van der Waals surface area contributed by atoms with Crippen LogP contribution >= 0.6 is 0 Å². The minimum absolute atomic E-state index is 0.0337. The lowest BCUT2D eigenvalue weighted by atomic mass is 10.0. The summed E-state index contributed by atoms with van der Waals surface area (Å²) in [7, 11) is -3.90. The molecule has 0 aliphatic carbocycles. The Morgan fingerprint density at radius 2 is 1.30 bits per heavy atom. The fraction of sp³-hybridized carbons (Fsp3) is 0.379. The topological polar surface area (TPSA) is 106 Å². The average molecular weight is 656 g/mol. The van der Waals surface area contributed by atoms with Gasteiger partial charge >= 0.3 is 6.18 Å². The molecule has 1 saturated heterocycles. The number of hydrogen-bond donors (Lipinski definition) is 0. The highest BCUT2D eigenvalue weighted by atomic mass is 32.2. The number of methoxy groups -OCH3 is 3. The van der Waals surface area contributed by atoms with Crippen LogP contribution < -0.4 is 19.1 Å². The molecule has 1 fully saturated rings. The van der Waals surface area contributed by atoms with Gasteiger partial charge in [0.1, 0.15) is 5.75 Å². The largest absolute Gasteiger partial charge is 0.495 e. The van der Waals surface area contributed by atoms with Crippen molar-refractivity contribution in [3.05, 3.63) is 71.3 Å². The molecule has 0 unspecified atom stereocenters. The number of hydrogen-bond acceptors (Lipinski definition) is 8. The Morgan fingerprint density at radius 1 is 0.682 bits per heavy atom. The molecule has 2 aliphatic heterocycles. The van der Waals surface area contributed by atoms with Gasteiger partial charge in [-0.2, -0.15) is 21.8 Å². The molecule has 0 atom stereocenters. The van der Waals surface area contributed by atoms with Crippen molar-refractivity contribution in [1.82, 2.24) is 8.61 Å². The number of anilines is 1. The number of sulfonamides is 2. The zero-order chi connectivity index (χ0) is 31.9. The fourth-order valence-electron chi connectivity index (χ4n) is 5.52.